The van der Waals surface area contributed by atoms with Crippen molar-refractivity contribution in [2.45, 2.75) is 6.42 Å². The molecule has 1 heterocycles. The average molecular weight is 195 g/mol. The van der Waals surface area contributed by atoms with Crippen LogP contribution in [0.2, 0.25) is 0 Å². The highest BCUT2D eigenvalue weighted by Gasteiger charge is 2.24. The SMILES string of the molecule is NNC(=O)N1CCc2ccc(F)cc21. The number of benzene rings is 1. The van der Waals surface area contributed by atoms with E-state index in [2.05, 4.69) is 0 Å². The number of halogens is 1. The Kier molecular flexibility index (Phi) is 2.09. The molecule has 1 aromatic rings. The zero-order chi connectivity index (χ0) is 10.1. The van der Waals surface area contributed by atoms with Crippen molar-refractivity contribution in [2.75, 3.05) is 11.4 Å². The molecule has 0 fully saturated rings. The second-order valence-corrected chi connectivity index (χ2v) is 3.12. The summed E-state index contributed by atoms with van der Waals surface area (Å²) in [5.74, 6) is 4.67. The molecule has 14 heavy (non-hydrogen) atoms. The summed E-state index contributed by atoms with van der Waals surface area (Å²) >= 11 is 0. The van der Waals surface area contributed by atoms with Crippen LogP contribution in [-0.4, -0.2) is 12.6 Å². The van der Waals surface area contributed by atoms with Crippen molar-refractivity contribution in [1.82, 2.24) is 5.43 Å². The van der Waals surface area contributed by atoms with Crippen molar-refractivity contribution in [3.63, 3.8) is 0 Å². The van der Waals surface area contributed by atoms with Gasteiger partial charge >= 0.3 is 6.03 Å². The molecule has 0 unspecified atom stereocenters. The summed E-state index contributed by atoms with van der Waals surface area (Å²) in [5, 5.41) is 0. The zero-order valence-corrected chi connectivity index (χ0v) is 7.46. The van der Waals surface area contributed by atoms with Crippen LogP contribution < -0.4 is 16.2 Å². The van der Waals surface area contributed by atoms with Gasteiger partial charge in [-0.1, -0.05) is 6.07 Å². The number of rotatable bonds is 0. The minimum atomic E-state index is -0.408. The summed E-state index contributed by atoms with van der Waals surface area (Å²) in [4.78, 5) is 12.7. The van der Waals surface area contributed by atoms with Gasteiger partial charge in [-0.25, -0.2) is 15.0 Å². The molecule has 0 aliphatic carbocycles. The third-order valence-corrected chi connectivity index (χ3v) is 2.31. The first kappa shape index (κ1) is 8.96. The van der Waals surface area contributed by atoms with Crippen molar-refractivity contribution in [1.29, 1.82) is 0 Å². The molecule has 3 N–H and O–H groups in total. The van der Waals surface area contributed by atoms with Crippen LogP contribution in [0.4, 0.5) is 14.9 Å². The van der Waals surface area contributed by atoms with Gasteiger partial charge in [0.1, 0.15) is 5.82 Å². The molecule has 0 bridgehead atoms. The van der Waals surface area contributed by atoms with Gasteiger partial charge in [-0.15, -0.1) is 0 Å². The van der Waals surface area contributed by atoms with Crippen LogP contribution in [0, 0.1) is 5.82 Å². The molecule has 2 amide bonds. The van der Waals surface area contributed by atoms with Crippen molar-refractivity contribution in [2.24, 2.45) is 5.84 Å². The van der Waals surface area contributed by atoms with Crippen molar-refractivity contribution < 1.29 is 9.18 Å². The Hall–Kier alpha value is -1.62. The molecular weight excluding hydrogens is 185 g/mol. The zero-order valence-electron chi connectivity index (χ0n) is 7.46. The fourth-order valence-electron chi connectivity index (χ4n) is 1.64. The van der Waals surface area contributed by atoms with Gasteiger partial charge < -0.3 is 0 Å². The van der Waals surface area contributed by atoms with E-state index >= 15 is 0 Å². The fraction of sp³-hybridized carbons (Fsp3) is 0.222. The Balaban J connectivity index is 2.38. The summed E-state index contributed by atoms with van der Waals surface area (Å²) in [6.45, 7) is 0.543. The minimum absolute atomic E-state index is 0.347. The van der Waals surface area contributed by atoms with Crippen LogP contribution in [0.15, 0.2) is 18.2 Å². The van der Waals surface area contributed by atoms with E-state index in [0.717, 1.165) is 12.0 Å². The smallest absolute Gasteiger partial charge is 0.293 e. The van der Waals surface area contributed by atoms with Crippen LogP contribution in [0.3, 0.4) is 0 Å². The maximum atomic E-state index is 12.9. The van der Waals surface area contributed by atoms with Crippen molar-refractivity contribution >= 4 is 11.7 Å². The van der Waals surface area contributed by atoms with E-state index in [1.54, 1.807) is 6.07 Å². The number of hydrogen-bond acceptors (Lipinski definition) is 2. The first-order chi connectivity index (χ1) is 6.72. The quantitative estimate of drug-likeness (QED) is 0.365. The summed E-state index contributed by atoms with van der Waals surface area (Å²) in [6, 6.07) is 4.02. The van der Waals surface area contributed by atoms with Gasteiger partial charge in [-0.2, -0.15) is 0 Å². The number of nitrogens with one attached hydrogen (secondary N) is 1. The summed E-state index contributed by atoms with van der Waals surface area (Å²) in [7, 11) is 0. The third-order valence-electron chi connectivity index (χ3n) is 2.31. The summed E-state index contributed by atoms with van der Waals surface area (Å²) < 4.78 is 12.9. The van der Waals surface area contributed by atoms with E-state index in [9.17, 15) is 9.18 Å². The number of hydrazine groups is 1. The molecular formula is C9H10FN3O. The lowest BCUT2D eigenvalue weighted by Gasteiger charge is -2.15. The van der Waals surface area contributed by atoms with Gasteiger partial charge in [-0.05, 0) is 24.1 Å². The van der Waals surface area contributed by atoms with Gasteiger partial charge in [-0.3, -0.25) is 10.3 Å². The highest BCUT2D eigenvalue weighted by Crippen LogP contribution is 2.28. The highest BCUT2D eigenvalue weighted by atomic mass is 19.1. The number of amides is 2. The lowest BCUT2D eigenvalue weighted by molar-refractivity contribution is 0.247. The van der Waals surface area contributed by atoms with Gasteiger partial charge in [0, 0.05) is 6.54 Å². The molecule has 0 aromatic heterocycles. The van der Waals surface area contributed by atoms with Crippen molar-refractivity contribution in [3.8, 4) is 0 Å². The molecule has 0 saturated heterocycles. The molecule has 1 aliphatic rings. The topological polar surface area (TPSA) is 58.4 Å². The van der Waals surface area contributed by atoms with Crippen LogP contribution in [0.5, 0.6) is 0 Å². The number of carbonyl (C=O) groups excluding carboxylic acids is 1. The molecule has 0 saturated carbocycles. The predicted octanol–water partition coefficient (Wildman–Crippen LogP) is 0.771. The van der Waals surface area contributed by atoms with Crippen LogP contribution in [-0.2, 0) is 6.42 Å². The number of anilines is 1. The number of carbonyl (C=O) groups is 1. The minimum Gasteiger partial charge on any atom is -0.293 e. The van der Waals surface area contributed by atoms with Gasteiger partial charge in [0.25, 0.3) is 0 Å². The molecule has 5 heteroatoms. The summed E-state index contributed by atoms with van der Waals surface area (Å²) in [5.41, 5.74) is 3.60. The first-order valence-electron chi connectivity index (χ1n) is 4.29. The number of urea groups is 1. The number of hydrogen-bond donors (Lipinski definition) is 2. The Labute approximate surface area is 80.5 Å². The van der Waals surface area contributed by atoms with Gasteiger partial charge in [0.15, 0.2) is 0 Å². The van der Waals surface area contributed by atoms with Crippen LogP contribution >= 0.6 is 0 Å². The Bertz CT molecular complexity index is 380. The van der Waals surface area contributed by atoms with Crippen LogP contribution in [0.1, 0.15) is 5.56 Å². The van der Waals surface area contributed by atoms with Crippen molar-refractivity contribution in [3.05, 3.63) is 29.6 Å². The average Bonchev–Trinajstić information content (AvgIpc) is 2.59. The lowest BCUT2D eigenvalue weighted by atomic mass is 10.2. The molecule has 0 spiro atoms. The van der Waals surface area contributed by atoms with Gasteiger partial charge in [0.05, 0.1) is 5.69 Å². The largest absolute Gasteiger partial charge is 0.336 e. The molecule has 4 nitrogen and oxygen atoms in total. The van der Waals surface area contributed by atoms with E-state index < -0.39 is 6.03 Å². The first-order valence-corrected chi connectivity index (χ1v) is 4.29. The fourth-order valence-corrected chi connectivity index (χ4v) is 1.64. The van der Waals surface area contributed by atoms with E-state index in [1.165, 1.54) is 17.0 Å². The maximum absolute atomic E-state index is 12.9. The molecule has 2 rings (SSSR count). The second-order valence-electron chi connectivity index (χ2n) is 3.12. The molecule has 74 valence electrons. The third kappa shape index (κ3) is 1.31. The number of nitrogens with zero attached hydrogens (tertiary/aromatic N) is 1. The highest BCUT2D eigenvalue weighted by molar-refractivity contribution is 5.93. The molecule has 0 atom stereocenters. The second kappa shape index (κ2) is 3.26. The van der Waals surface area contributed by atoms with E-state index in [0.29, 0.717) is 12.2 Å². The summed E-state index contributed by atoms with van der Waals surface area (Å²) in [6.07, 6.45) is 0.739. The lowest BCUT2D eigenvalue weighted by Crippen LogP contribution is -2.42. The standard InChI is InChI=1S/C9H10FN3O/c10-7-2-1-6-3-4-13(8(6)5-7)9(14)12-11/h1-2,5H,3-4,11H2,(H,12,14). The molecule has 0 radical (unpaired) electrons. The normalized spacial score (nSPS) is 14.0. The van der Waals surface area contributed by atoms with Gasteiger partial charge in [0.2, 0.25) is 0 Å². The van der Waals surface area contributed by atoms with Crippen LogP contribution in [0.25, 0.3) is 0 Å². The molecule has 1 aromatic carbocycles. The Morgan fingerprint density at radius 2 is 2.36 bits per heavy atom. The van der Waals surface area contributed by atoms with E-state index in [4.69, 9.17) is 5.84 Å². The molecule has 1 aliphatic heterocycles. The number of nitrogens with two attached hydrogens (primary N) is 1. The predicted molar refractivity (Wildman–Crippen MR) is 50.2 cm³/mol. The Morgan fingerprint density at radius 1 is 1.57 bits per heavy atom. The number of fused-ring (bicyclic) bond motifs is 1. The van der Waals surface area contributed by atoms with E-state index in [1.807, 2.05) is 5.43 Å². The monoisotopic (exact) mass is 195 g/mol. The Morgan fingerprint density at radius 3 is 3.07 bits per heavy atom. The van der Waals surface area contributed by atoms with E-state index in [-0.39, 0.29) is 5.82 Å². The maximum Gasteiger partial charge on any atom is 0.336 e.